The maximum absolute atomic E-state index is 11.9. The van der Waals surface area contributed by atoms with Crippen LogP contribution in [0.1, 0.15) is 10.4 Å². The van der Waals surface area contributed by atoms with Crippen molar-refractivity contribution in [2.45, 2.75) is 6.54 Å². The Morgan fingerprint density at radius 2 is 1.81 bits per heavy atom. The molecule has 3 N–H and O–H groups in total. The van der Waals surface area contributed by atoms with Crippen LogP contribution in [0.25, 0.3) is 0 Å². The largest absolute Gasteiger partial charge is 0.366 e. The third kappa shape index (κ3) is 4.03. The van der Waals surface area contributed by atoms with E-state index >= 15 is 0 Å². The maximum Gasteiger partial charge on any atom is 0.251 e. The molecule has 2 amide bonds. The van der Waals surface area contributed by atoms with Gasteiger partial charge in [0, 0.05) is 28.0 Å². The van der Waals surface area contributed by atoms with E-state index in [0.29, 0.717) is 15.7 Å². The smallest absolute Gasteiger partial charge is 0.251 e. The van der Waals surface area contributed by atoms with Crippen molar-refractivity contribution in [2.24, 2.45) is 5.73 Å². The summed E-state index contributed by atoms with van der Waals surface area (Å²) in [6, 6.07) is 9.16. The molecule has 0 aliphatic carbocycles. The second-order valence-corrected chi connectivity index (χ2v) is 5.22. The first-order valence-electron chi connectivity index (χ1n) is 6.01. The van der Waals surface area contributed by atoms with E-state index in [-0.39, 0.29) is 18.0 Å². The van der Waals surface area contributed by atoms with Gasteiger partial charge in [0.1, 0.15) is 6.54 Å². The molecule has 0 spiro atoms. The zero-order valence-corrected chi connectivity index (χ0v) is 12.5. The number of amides is 2. The van der Waals surface area contributed by atoms with Crippen molar-refractivity contribution in [2.75, 3.05) is 5.32 Å². The van der Waals surface area contributed by atoms with Gasteiger partial charge >= 0.3 is 0 Å². The van der Waals surface area contributed by atoms with E-state index in [0.717, 1.165) is 0 Å². The number of rotatable bonds is 4. The van der Waals surface area contributed by atoms with Gasteiger partial charge in [-0.1, -0.05) is 0 Å². The van der Waals surface area contributed by atoms with Crippen LogP contribution in [-0.2, 0) is 11.3 Å². The van der Waals surface area contributed by atoms with Crippen molar-refractivity contribution in [3.8, 4) is 0 Å². The standard InChI is InChI=1S/C14H12BrN3O3/c15-10-3-6-13(20)18(7-10)8-12(19)17-11-4-1-9(2-5-11)14(16)21/h1-7H,8H2,(H2,16,21)(H,17,19). The Morgan fingerprint density at radius 3 is 2.43 bits per heavy atom. The number of nitrogens with two attached hydrogens (primary N) is 1. The molecule has 1 heterocycles. The summed E-state index contributed by atoms with van der Waals surface area (Å²) in [7, 11) is 0. The minimum atomic E-state index is -0.534. The minimum absolute atomic E-state index is 0.101. The predicted octanol–water partition coefficient (Wildman–Crippen LogP) is 1.35. The average Bonchev–Trinajstić information content (AvgIpc) is 2.43. The molecule has 0 aliphatic rings. The number of halogens is 1. The van der Waals surface area contributed by atoms with E-state index in [2.05, 4.69) is 21.2 Å². The van der Waals surface area contributed by atoms with Gasteiger partial charge in [-0.3, -0.25) is 14.4 Å². The predicted molar refractivity (Wildman–Crippen MR) is 82.0 cm³/mol. The molecule has 0 atom stereocenters. The van der Waals surface area contributed by atoms with Gasteiger partial charge in [0.05, 0.1) is 0 Å². The van der Waals surface area contributed by atoms with Crippen LogP contribution < -0.4 is 16.6 Å². The molecule has 0 bridgehead atoms. The first kappa shape index (κ1) is 15.0. The molecule has 1 aromatic heterocycles. The Labute approximate surface area is 128 Å². The SMILES string of the molecule is NC(=O)c1ccc(NC(=O)Cn2cc(Br)ccc2=O)cc1. The molecule has 21 heavy (non-hydrogen) atoms. The molecule has 0 saturated carbocycles. The van der Waals surface area contributed by atoms with E-state index < -0.39 is 5.91 Å². The van der Waals surface area contributed by atoms with Crippen LogP contribution in [0.4, 0.5) is 5.69 Å². The lowest BCUT2D eigenvalue weighted by Gasteiger charge is -2.08. The Morgan fingerprint density at radius 1 is 1.14 bits per heavy atom. The molecule has 0 saturated heterocycles. The molecule has 0 aliphatic heterocycles. The third-order valence-corrected chi connectivity index (χ3v) is 3.18. The Kier molecular flexibility index (Phi) is 4.54. The number of carbonyl (C=O) groups is 2. The molecule has 0 unspecified atom stereocenters. The summed E-state index contributed by atoms with van der Waals surface area (Å²) in [5.74, 6) is -0.879. The van der Waals surface area contributed by atoms with Crippen molar-refractivity contribution in [3.63, 3.8) is 0 Å². The zero-order chi connectivity index (χ0) is 15.4. The third-order valence-electron chi connectivity index (χ3n) is 2.71. The number of aromatic nitrogens is 1. The van der Waals surface area contributed by atoms with Gasteiger partial charge in [0.2, 0.25) is 11.8 Å². The second kappa shape index (κ2) is 6.36. The van der Waals surface area contributed by atoms with Crippen molar-refractivity contribution >= 4 is 33.4 Å². The number of pyridine rings is 1. The van der Waals surface area contributed by atoms with Crippen molar-refractivity contribution in [3.05, 3.63) is 63.0 Å². The van der Waals surface area contributed by atoms with Gasteiger partial charge in [-0.25, -0.2) is 0 Å². The number of benzene rings is 1. The summed E-state index contributed by atoms with van der Waals surface area (Å²) in [5.41, 5.74) is 5.74. The minimum Gasteiger partial charge on any atom is -0.366 e. The Hall–Kier alpha value is -2.41. The summed E-state index contributed by atoms with van der Waals surface area (Å²) < 4.78 is 2.00. The lowest BCUT2D eigenvalue weighted by molar-refractivity contribution is -0.116. The average molecular weight is 350 g/mol. The number of primary amides is 1. The number of hydrogen-bond donors (Lipinski definition) is 2. The number of nitrogens with one attached hydrogen (secondary N) is 1. The Balaban J connectivity index is 2.06. The van der Waals surface area contributed by atoms with Gasteiger partial charge < -0.3 is 15.6 Å². The highest BCUT2D eigenvalue weighted by Gasteiger charge is 2.06. The van der Waals surface area contributed by atoms with Gasteiger partial charge in [-0.05, 0) is 46.3 Å². The number of carbonyl (C=O) groups excluding carboxylic acids is 2. The summed E-state index contributed by atoms with van der Waals surface area (Å²) in [6.07, 6.45) is 1.54. The topological polar surface area (TPSA) is 94.2 Å². The van der Waals surface area contributed by atoms with E-state index in [9.17, 15) is 14.4 Å². The number of nitrogens with zero attached hydrogens (tertiary/aromatic N) is 1. The van der Waals surface area contributed by atoms with Gasteiger partial charge in [-0.2, -0.15) is 0 Å². The van der Waals surface area contributed by atoms with E-state index in [1.807, 2.05) is 0 Å². The fourth-order valence-corrected chi connectivity index (χ4v) is 2.08. The van der Waals surface area contributed by atoms with E-state index in [4.69, 9.17) is 5.73 Å². The van der Waals surface area contributed by atoms with Gasteiger partial charge in [-0.15, -0.1) is 0 Å². The first-order valence-corrected chi connectivity index (χ1v) is 6.81. The van der Waals surface area contributed by atoms with Crippen LogP contribution in [0, 0.1) is 0 Å². The Bertz CT molecular complexity index is 738. The lowest BCUT2D eigenvalue weighted by atomic mass is 10.2. The van der Waals surface area contributed by atoms with Crippen LogP contribution in [0.5, 0.6) is 0 Å². The molecular weight excluding hydrogens is 338 g/mol. The fraction of sp³-hybridized carbons (Fsp3) is 0.0714. The van der Waals surface area contributed by atoms with E-state index in [1.165, 1.54) is 29.0 Å². The zero-order valence-electron chi connectivity index (χ0n) is 10.9. The van der Waals surface area contributed by atoms with Crippen LogP contribution in [-0.4, -0.2) is 16.4 Å². The highest BCUT2D eigenvalue weighted by atomic mass is 79.9. The molecule has 1 aromatic carbocycles. The maximum atomic E-state index is 11.9. The summed E-state index contributed by atoms with van der Waals surface area (Å²) in [5, 5.41) is 2.64. The molecule has 0 radical (unpaired) electrons. The van der Waals surface area contributed by atoms with Crippen molar-refractivity contribution < 1.29 is 9.59 Å². The van der Waals surface area contributed by atoms with Crippen molar-refractivity contribution in [1.29, 1.82) is 0 Å². The van der Waals surface area contributed by atoms with Gasteiger partial charge in [0.15, 0.2) is 0 Å². The molecule has 108 valence electrons. The van der Waals surface area contributed by atoms with E-state index in [1.54, 1.807) is 18.2 Å². The van der Waals surface area contributed by atoms with Gasteiger partial charge in [0.25, 0.3) is 5.56 Å². The summed E-state index contributed by atoms with van der Waals surface area (Å²) in [4.78, 5) is 34.4. The highest BCUT2D eigenvalue weighted by Crippen LogP contribution is 2.09. The van der Waals surface area contributed by atoms with Crippen molar-refractivity contribution in [1.82, 2.24) is 4.57 Å². The number of anilines is 1. The van der Waals surface area contributed by atoms with Crippen LogP contribution in [0.3, 0.4) is 0 Å². The molecule has 2 aromatic rings. The monoisotopic (exact) mass is 349 g/mol. The molecule has 2 rings (SSSR count). The second-order valence-electron chi connectivity index (χ2n) is 4.30. The fourth-order valence-electron chi connectivity index (χ4n) is 1.70. The van der Waals surface area contributed by atoms with Crippen LogP contribution >= 0.6 is 15.9 Å². The molecule has 6 nitrogen and oxygen atoms in total. The van der Waals surface area contributed by atoms with Crippen LogP contribution in [0.15, 0.2) is 51.9 Å². The summed E-state index contributed by atoms with van der Waals surface area (Å²) in [6.45, 7) is -0.101. The lowest BCUT2D eigenvalue weighted by Crippen LogP contribution is -2.26. The number of hydrogen-bond acceptors (Lipinski definition) is 3. The first-order chi connectivity index (χ1) is 9.95. The molecule has 7 heteroatoms. The normalized spacial score (nSPS) is 10.1. The summed E-state index contributed by atoms with van der Waals surface area (Å²) >= 11 is 3.24. The van der Waals surface area contributed by atoms with Crippen LogP contribution in [0.2, 0.25) is 0 Å². The highest BCUT2D eigenvalue weighted by molar-refractivity contribution is 9.10. The molecular formula is C14H12BrN3O3. The molecule has 0 fully saturated rings. The quantitative estimate of drug-likeness (QED) is 0.872.